The summed E-state index contributed by atoms with van der Waals surface area (Å²) < 4.78 is 5.72. The molecule has 0 bridgehead atoms. The number of ether oxygens (including phenoxy) is 1. The normalized spacial score (nSPS) is 9.53. The van der Waals surface area contributed by atoms with Crippen LogP contribution in [0.15, 0.2) is 48.5 Å². The second-order valence-corrected chi connectivity index (χ2v) is 3.71. The van der Waals surface area contributed by atoms with Crippen molar-refractivity contribution in [2.45, 2.75) is 13.5 Å². The lowest BCUT2D eigenvalue weighted by atomic mass is 10.1. The molecule has 2 N–H and O–H groups in total. The second-order valence-electron chi connectivity index (χ2n) is 3.71. The molecule has 0 spiro atoms. The van der Waals surface area contributed by atoms with Crippen LogP contribution >= 0.6 is 12.4 Å². The monoisotopic (exact) mass is 249 g/mol. The molecule has 0 aromatic heterocycles. The fraction of sp³-hybridized carbons (Fsp3) is 0.143. The van der Waals surface area contributed by atoms with E-state index in [1.54, 1.807) is 0 Å². The third-order valence-corrected chi connectivity index (χ3v) is 2.51. The lowest BCUT2D eigenvalue weighted by Gasteiger charge is -2.08. The summed E-state index contributed by atoms with van der Waals surface area (Å²) in [4.78, 5) is 0. The molecular formula is C14H16ClNO. The van der Waals surface area contributed by atoms with Gasteiger partial charge in [0, 0.05) is 6.54 Å². The Balaban J connectivity index is 0.00000144. The highest BCUT2D eigenvalue weighted by atomic mass is 35.5. The first kappa shape index (κ1) is 13.6. The molecule has 2 nitrogen and oxygen atoms in total. The number of benzene rings is 2. The van der Waals surface area contributed by atoms with Crippen LogP contribution in [-0.2, 0) is 6.54 Å². The van der Waals surface area contributed by atoms with Gasteiger partial charge in [0.15, 0.2) is 0 Å². The van der Waals surface area contributed by atoms with Crippen molar-refractivity contribution in [3.63, 3.8) is 0 Å². The van der Waals surface area contributed by atoms with Crippen molar-refractivity contribution in [3.8, 4) is 11.5 Å². The van der Waals surface area contributed by atoms with E-state index in [-0.39, 0.29) is 12.4 Å². The van der Waals surface area contributed by atoms with Crippen molar-refractivity contribution < 1.29 is 4.74 Å². The average molecular weight is 250 g/mol. The topological polar surface area (TPSA) is 35.2 Å². The third-order valence-electron chi connectivity index (χ3n) is 2.51. The van der Waals surface area contributed by atoms with Crippen molar-refractivity contribution in [1.82, 2.24) is 0 Å². The summed E-state index contributed by atoms with van der Waals surface area (Å²) in [7, 11) is 0. The van der Waals surface area contributed by atoms with E-state index in [4.69, 9.17) is 10.5 Å². The maximum atomic E-state index is 5.72. The summed E-state index contributed by atoms with van der Waals surface area (Å²) in [6.07, 6.45) is 0. The van der Waals surface area contributed by atoms with E-state index in [0.717, 1.165) is 22.6 Å². The van der Waals surface area contributed by atoms with Crippen molar-refractivity contribution in [1.29, 1.82) is 0 Å². The SMILES string of the molecule is Cc1cc(Oc2ccccc2)ccc1CN.Cl. The maximum absolute atomic E-state index is 5.72. The molecule has 0 aliphatic carbocycles. The fourth-order valence-corrected chi connectivity index (χ4v) is 1.59. The van der Waals surface area contributed by atoms with Crippen LogP contribution in [0.5, 0.6) is 11.5 Å². The quantitative estimate of drug-likeness (QED) is 0.901. The van der Waals surface area contributed by atoms with Crippen molar-refractivity contribution >= 4 is 12.4 Å². The van der Waals surface area contributed by atoms with Crippen LogP contribution in [-0.4, -0.2) is 0 Å². The van der Waals surface area contributed by atoms with Gasteiger partial charge in [-0.25, -0.2) is 0 Å². The van der Waals surface area contributed by atoms with Crippen LogP contribution in [0.3, 0.4) is 0 Å². The molecule has 0 aliphatic rings. The molecule has 0 fully saturated rings. The molecule has 0 saturated carbocycles. The predicted molar refractivity (Wildman–Crippen MR) is 72.8 cm³/mol. The maximum Gasteiger partial charge on any atom is 0.127 e. The molecule has 0 saturated heterocycles. The first-order chi connectivity index (χ1) is 7.79. The Kier molecular flexibility index (Phi) is 5.01. The third kappa shape index (κ3) is 3.48. The first-order valence-electron chi connectivity index (χ1n) is 5.32. The molecule has 90 valence electrons. The summed E-state index contributed by atoms with van der Waals surface area (Å²) in [5.74, 6) is 1.70. The predicted octanol–water partition coefficient (Wildman–Crippen LogP) is 3.67. The highest BCUT2D eigenvalue weighted by molar-refractivity contribution is 5.85. The largest absolute Gasteiger partial charge is 0.457 e. The van der Waals surface area contributed by atoms with Gasteiger partial charge in [0.25, 0.3) is 0 Å². The Hall–Kier alpha value is -1.51. The standard InChI is InChI=1S/C14H15NO.ClH/c1-11-9-14(8-7-12(11)10-15)16-13-5-3-2-4-6-13;/h2-9H,10,15H2,1H3;1H. The zero-order valence-electron chi connectivity index (χ0n) is 9.72. The average Bonchev–Trinajstić information content (AvgIpc) is 2.31. The molecule has 2 aromatic rings. The van der Waals surface area contributed by atoms with Crippen LogP contribution in [0.25, 0.3) is 0 Å². The van der Waals surface area contributed by atoms with Gasteiger partial charge in [-0.3, -0.25) is 0 Å². The van der Waals surface area contributed by atoms with Crippen LogP contribution in [0.1, 0.15) is 11.1 Å². The van der Waals surface area contributed by atoms with Gasteiger partial charge in [0.1, 0.15) is 11.5 Å². The smallest absolute Gasteiger partial charge is 0.127 e. The number of para-hydroxylation sites is 1. The van der Waals surface area contributed by atoms with Crippen molar-refractivity contribution in [3.05, 3.63) is 59.7 Å². The van der Waals surface area contributed by atoms with E-state index >= 15 is 0 Å². The number of halogens is 1. The number of aryl methyl sites for hydroxylation is 1. The summed E-state index contributed by atoms with van der Waals surface area (Å²) in [6.45, 7) is 2.61. The van der Waals surface area contributed by atoms with E-state index < -0.39 is 0 Å². The number of rotatable bonds is 3. The van der Waals surface area contributed by atoms with Crippen molar-refractivity contribution in [2.75, 3.05) is 0 Å². The van der Waals surface area contributed by atoms with Crippen LogP contribution in [0, 0.1) is 6.92 Å². The molecule has 0 aliphatic heterocycles. The fourth-order valence-electron chi connectivity index (χ4n) is 1.59. The Morgan fingerprint density at radius 3 is 2.29 bits per heavy atom. The lowest BCUT2D eigenvalue weighted by Crippen LogP contribution is -1.98. The van der Waals surface area contributed by atoms with E-state index in [9.17, 15) is 0 Å². The Bertz CT molecular complexity index is 471. The zero-order valence-corrected chi connectivity index (χ0v) is 10.5. The molecule has 0 heterocycles. The zero-order chi connectivity index (χ0) is 11.4. The molecule has 17 heavy (non-hydrogen) atoms. The molecule has 0 amide bonds. The second kappa shape index (κ2) is 6.28. The van der Waals surface area contributed by atoms with E-state index in [0.29, 0.717) is 6.54 Å². The lowest BCUT2D eigenvalue weighted by molar-refractivity contribution is 0.482. The number of hydrogen-bond acceptors (Lipinski definition) is 2. The van der Waals surface area contributed by atoms with Gasteiger partial charge in [-0.1, -0.05) is 24.3 Å². The Morgan fingerprint density at radius 1 is 1.00 bits per heavy atom. The van der Waals surface area contributed by atoms with Gasteiger partial charge in [0.2, 0.25) is 0 Å². The van der Waals surface area contributed by atoms with Crippen LogP contribution in [0.2, 0.25) is 0 Å². The minimum absolute atomic E-state index is 0. The molecule has 3 heteroatoms. The minimum Gasteiger partial charge on any atom is -0.457 e. The first-order valence-corrected chi connectivity index (χ1v) is 5.32. The van der Waals surface area contributed by atoms with Gasteiger partial charge < -0.3 is 10.5 Å². The molecule has 0 radical (unpaired) electrons. The van der Waals surface area contributed by atoms with Gasteiger partial charge in [-0.05, 0) is 42.3 Å². The minimum atomic E-state index is 0. The summed E-state index contributed by atoms with van der Waals surface area (Å²) in [6, 6.07) is 15.7. The Morgan fingerprint density at radius 2 is 1.71 bits per heavy atom. The summed E-state index contributed by atoms with van der Waals surface area (Å²) in [5, 5.41) is 0. The van der Waals surface area contributed by atoms with E-state index in [2.05, 4.69) is 0 Å². The van der Waals surface area contributed by atoms with Gasteiger partial charge in [-0.15, -0.1) is 12.4 Å². The molecule has 2 rings (SSSR count). The van der Waals surface area contributed by atoms with Gasteiger partial charge >= 0.3 is 0 Å². The Labute approximate surface area is 108 Å². The number of hydrogen-bond donors (Lipinski definition) is 1. The molecule has 2 aromatic carbocycles. The van der Waals surface area contributed by atoms with Gasteiger partial charge in [-0.2, -0.15) is 0 Å². The highest BCUT2D eigenvalue weighted by Gasteiger charge is 2.00. The van der Waals surface area contributed by atoms with Crippen molar-refractivity contribution in [2.24, 2.45) is 5.73 Å². The highest BCUT2D eigenvalue weighted by Crippen LogP contribution is 2.23. The van der Waals surface area contributed by atoms with Crippen LogP contribution < -0.4 is 10.5 Å². The molecule has 0 atom stereocenters. The van der Waals surface area contributed by atoms with E-state index in [1.807, 2.05) is 55.5 Å². The molecule has 0 unspecified atom stereocenters. The van der Waals surface area contributed by atoms with E-state index in [1.165, 1.54) is 0 Å². The van der Waals surface area contributed by atoms with Crippen LogP contribution in [0.4, 0.5) is 0 Å². The summed E-state index contributed by atoms with van der Waals surface area (Å²) >= 11 is 0. The van der Waals surface area contributed by atoms with Gasteiger partial charge in [0.05, 0.1) is 0 Å². The summed E-state index contributed by atoms with van der Waals surface area (Å²) in [5.41, 5.74) is 7.93. The molecular weight excluding hydrogens is 234 g/mol. The number of nitrogens with two attached hydrogens (primary N) is 1.